The van der Waals surface area contributed by atoms with E-state index in [2.05, 4.69) is 11.1 Å². The summed E-state index contributed by atoms with van der Waals surface area (Å²) in [5.74, 6) is 0.0406. The molecule has 2 nitrogen and oxygen atoms in total. The Kier molecular flexibility index (Phi) is 1.88. The Hall–Kier alpha value is -1.22. The fourth-order valence-electron chi connectivity index (χ4n) is 1.18. The fourth-order valence-corrected chi connectivity index (χ4v) is 2.14. The van der Waals surface area contributed by atoms with Gasteiger partial charge in [0.15, 0.2) is 10.8 Å². The Morgan fingerprint density at radius 2 is 2.23 bits per heavy atom. The Morgan fingerprint density at radius 3 is 2.92 bits per heavy atom. The third-order valence-corrected chi connectivity index (χ3v) is 2.96. The van der Waals surface area contributed by atoms with Crippen LogP contribution >= 0.6 is 11.3 Å². The lowest BCUT2D eigenvalue weighted by Crippen LogP contribution is -1.87. The van der Waals surface area contributed by atoms with E-state index in [4.69, 9.17) is 0 Å². The van der Waals surface area contributed by atoms with Crippen LogP contribution in [-0.4, -0.2) is 10.8 Å². The van der Waals surface area contributed by atoms with Crippen molar-refractivity contribution in [2.75, 3.05) is 0 Å². The van der Waals surface area contributed by atoms with Gasteiger partial charge in [-0.25, -0.2) is 4.98 Å². The van der Waals surface area contributed by atoms with Gasteiger partial charge in [-0.05, 0) is 24.6 Å². The maximum Gasteiger partial charge on any atom is 0.188 e. The van der Waals surface area contributed by atoms with Crippen molar-refractivity contribution < 1.29 is 4.79 Å². The van der Waals surface area contributed by atoms with Gasteiger partial charge in [-0.3, -0.25) is 4.79 Å². The van der Waals surface area contributed by atoms with Crippen molar-refractivity contribution in [2.24, 2.45) is 0 Å². The number of ketones is 1. The lowest BCUT2D eigenvalue weighted by molar-refractivity contribution is 0.101. The Labute approximate surface area is 80.2 Å². The summed E-state index contributed by atoms with van der Waals surface area (Å²) in [6.07, 6.45) is 0. The first-order chi connectivity index (χ1) is 6.16. The molecule has 13 heavy (non-hydrogen) atoms. The second-order valence-electron chi connectivity index (χ2n) is 3.05. The molecule has 0 saturated heterocycles. The summed E-state index contributed by atoms with van der Waals surface area (Å²) in [5, 5.41) is 0.598. The lowest BCUT2D eigenvalue weighted by atomic mass is 10.2. The number of hydrogen-bond acceptors (Lipinski definition) is 3. The standard InChI is InChI=1S/C10H9NOS/c1-6-3-4-8-9(5-6)13-10(11-8)7(2)12/h3-5H,1-2H3. The van der Waals surface area contributed by atoms with Gasteiger partial charge < -0.3 is 0 Å². The minimum atomic E-state index is 0.0406. The van der Waals surface area contributed by atoms with Gasteiger partial charge in [0.25, 0.3) is 0 Å². The van der Waals surface area contributed by atoms with Gasteiger partial charge >= 0.3 is 0 Å². The van der Waals surface area contributed by atoms with Crippen molar-refractivity contribution >= 4 is 27.3 Å². The molecule has 0 radical (unpaired) electrons. The van der Waals surface area contributed by atoms with Crippen LogP contribution in [0.25, 0.3) is 10.2 Å². The molecule has 0 aliphatic rings. The summed E-state index contributed by atoms with van der Waals surface area (Å²) in [6.45, 7) is 3.58. The summed E-state index contributed by atoms with van der Waals surface area (Å²) < 4.78 is 1.09. The molecular formula is C10H9NOS. The van der Waals surface area contributed by atoms with E-state index in [1.165, 1.54) is 16.9 Å². The molecule has 0 bridgehead atoms. The van der Waals surface area contributed by atoms with Gasteiger partial charge in [-0.2, -0.15) is 0 Å². The van der Waals surface area contributed by atoms with Crippen molar-refractivity contribution in [1.82, 2.24) is 4.98 Å². The maximum absolute atomic E-state index is 11.0. The third kappa shape index (κ3) is 1.47. The van der Waals surface area contributed by atoms with Crippen LogP contribution in [-0.2, 0) is 0 Å². The molecule has 0 spiro atoms. The zero-order valence-corrected chi connectivity index (χ0v) is 8.31. The molecule has 2 rings (SSSR count). The molecular weight excluding hydrogens is 182 g/mol. The van der Waals surface area contributed by atoms with Crippen LogP contribution in [0.1, 0.15) is 22.3 Å². The van der Waals surface area contributed by atoms with Gasteiger partial charge in [0.05, 0.1) is 10.2 Å². The maximum atomic E-state index is 11.0. The quantitative estimate of drug-likeness (QED) is 0.649. The van der Waals surface area contributed by atoms with Crippen LogP contribution < -0.4 is 0 Å². The minimum Gasteiger partial charge on any atom is -0.292 e. The highest BCUT2D eigenvalue weighted by Gasteiger charge is 2.06. The second kappa shape index (κ2) is 2.92. The van der Waals surface area contributed by atoms with E-state index in [9.17, 15) is 4.79 Å². The second-order valence-corrected chi connectivity index (χ2v) is 4.08. The van der Waals surface area contributed by atoms with Crippen molar-refractivity contribution in [3.05, 3.63) is 28.8 Å². The summed E-state index contributed by atoms with van der Waals surface area (Å²) in [7, 11) is 0. The van der Waals surface area contributed by atoms with E-state index in [-0.39, 0.29) is 5.78 Å². The Bertz CT molecular complexity index is 473. The molecule has 0 aliphatic heterocycles. The SMILES string of the molecule is CC(=O)c1nc2ccc(C)cc2s1. The molecule has 0 saturated carbocycles. The van der Waals surface area contributed by atoms with Crippen molar-refractivity contribution in [1.29, 1.82) is 0 Å². The number of benzene rings is 1. The van der Waals surface area contributed by atoms with Crippen LogP contribution in [0.2, 0.25) is 0 Å². The number of nitrogens with zero attached hydrogens (tertiary/aromatic N) is 1. The first-order valence-corrected chi connectivity index (χ1v) is 4.86. The molecule has 1 aromatic heterocycles. The van der Waals surface area contributed by atoms with Crippen LogP contribution in [0.15, 0.2) is 18.2 Å². The van der Waals surface area contributed by atoms with Crippen molar-refractivity contribution in [2.45, 2.75) is 13.8 Å². The highest BCUT2D eigenvalue weighted by atomic mass is 32.1. The van der Waals surface area contributed by atoms with Gasteiger partial charge in [0.2, 0.25) is 0 Å². The number of carbonyl (C=O) groups is 1. The van der Waals surface area contributed by atoms with E-state index in [0.29, 0.717) is 5.01 Å². The molecule has 3 heteroatoms. The van der Waals surface area contributed by atoms with Crippen molar-refractivity contribution in [3.8, 4) is 0 Å². The average Bonchev–Trinajstić information content (AvgIpc) is 2.46. The molecule has 1 aromatic carbocycles. The van der Waals surface area contributed by atoms with E-state index in [0.717, 1.165) is 10.2 Å². The normalized spacial score (nSPS) is 10.6. The topological polar surface area (TPSA) is 30.0 Å². The number of thiazole rings is 1. The van der Waals surface area contributed by atoms with E-state index >= 15 is 0 Å². The highest BCUT2D eigenvalue weighted by molar-refractivity contribution is 7.20. The number of Topliss-reactive ketones (excluding diaryl/α,β-unsaturated/α-hetero) is 1. The summed E-state index contributed by atoms with van der Waals surface area (Å²) in [5.41, 5.74) is 2.12. The number of rotatable bonds is 1. The van der Waals surface area contributed by atoms with Crippen LogP contribution in [0.3, 0.4) is 0 Å². The summed E-state index contributed by atoms with van der Waals surface area (Å²) in [4.78, 5) is 15.3. The molecule has 0 aliphatic carbocycles. The number of aromatic nitrogens is 1. The fraction of sp³-hybridized carbons (Fsp3) is 0.200. The largest absolute Gasteiger partial charge is 0.292 e. The van der Waals surface area contributed by atoms with E-state index in [1.807, 2.05) is 19.1 Å². The first kappa shape index (κ1) is 8.38. The lowest BCUT2D eigenvalue weighted by Gasteiger charge is -1.88. The van der Waals surface area contributed by atoms with Crippen molar-refractivity contribution in [3.63, 3.8) is 0 Å². The predicted octanol–water partition coefficient (Wildman–Crippen LogP) is 2.81. The number of hydrogen-bond donors (Lipinski definition) is 0. The zero-order chi connectivity index (χ0) is 9.42. The van der Waals surface area contributed by atoms with E-state index < -0.39 is 0 Å². The van der Waals surface area contributed by atoms with Crippen LogP contribution in [0.4, 0.5) is 0 Å². The van der Waals surface area contributed by atoms with Gasteiger partial charge in [0, 0.05) is 6.92 Å². The predicted molar refractivity (Wildman–Crippen MR) is 54.4 cm³/mol. The van der Waals surface area contributed by atoms with E-state index in [1.54, 1.807) is 6.92 Å². The molecule has 1 heterocycles. The zero-order valence-electron chi connectivity index (χ0n) is 7.50. The monoisotopic (exact) mass is 191 g/mol. The van der Waals surface area contributed by atoms with Crippen LogP contribution in [0, 0.1) is 6.92 Å². The first-order valence-electron chi connectivity index (χ1n) is 4.05. The molecule has 0 atom stereocenters. The number of aryl methyl sites for hydroxylation is 1. The number of carbonyl (C=O) groups excluding carboxylic acids is 1. The smallest absolute Gasteiger partial charge is 0.188 e. The molecule has 0 fully saturated rings. The van der Waals surface area contributed by atoms with Gasteiger partial charge in [-0.1, -0.05) is 6.07 Å². The molecule has 2 aromatic rings. The Morgan fingerprint density at radius 1 is 1.46 bits per heavy atom. The molecule has 0 N–H and O–H groups in total. The van der Waals surface area contributed by atoms with Crippen LogP contribution in [0.5, 0.6) is 0 Å². The Balaban J connectivity index is 2.68. The summed E-state index contributed by atoms with van der Waals surface area (Å²) >= 11 is 1.46. The third-order valence-electron chi connectivity index (χ3n) is 1.85. The van der Waals surface area contributed by atoms with Gasteiger partial charge in [-0.15, -0.1) is 11.3 Å². The molecule has 0 unspecified atom stereocenters. The summed E-state index contributed by atoms with van der Waals surface area (Å²) in [6, 6.07) is 6.01. The minimum absolute atomic E-state index is 0.0406. The highest BCUT2D eigenvalue weighted by Crippen LogP contribution is 2.23. The number of fused-ring (bicyclic) bond motifs is 1. The molecule has 66 valence electrons. The molecule has 0 amide bonds. The van der Waals surface area contributed by atoms with Gasteiger partial charge in [0.1, 0.15) is 0 Å². The average molecular weight is 191 g/mol.